The molecule has 2 rings (SSSR count). The van der Waals surface area contributed by atoms with Crippen LogP contribution in [0.25, 0.3) is 10.9 Å². The number of aliphatic carboxylic acids is 1. The van der Waals surface area contributed by atoms with E-state index in [1.54, 1.807) is 18.2 Å². The zero-order valence-corrected chi connectivity index (χ0v) is 9.42. The molecule has 1 heterocycles. The minimum absolute atomic E-state index is 0.287. The van der Waals surface area contributed by atoms with Crippen LogP contribution in [-0.4, -0.2) is 21.2 Å². The Bertz CT molecular complexity index is 566. The van der Waals surface area contributed by atoms with Gasteiger partial charge in [-0.15, -0.1) is 0 Å². The fraction of sp³-hybridized carbons (Fsp3) is 0.231. The Kier molecular flexibility index (Phi) is 3.06. The van der Waals surface area contributed by atoms with Gasteiger partial charge in [-0.2, -0.15) is 0 Å². The standard InChI is InChI=1S/C13H13NO3/c1-8-2-3-9-6-10(4-5-11(9)14-8)12(15)7-13(16)17/h2-6,12,15H,7H2,1H3,(H,16,17). The number of rotatable bonds is 3. The van der Waals surface area contributed by atoms with E-state index in [-0.39, 0.29) is 6.42 Å². The van der Waals surface area contributed by atoms with Crippen LogP contribution in [0.5, 0.6) is 0 Å². The minimum Gasteiger partial charge on any atom is -0.481 e. The lowest BCUT2D eigenvalue weighted by molar-refractivity contribution is -0.139. The van der Waals surface area contributed by atoms with Gasteiger partial charge in [-0.05, 0) is 30.7 Å². The first-order chi connectivity index (χ1) is 8.06. The lowest BCUT2D eigenvalue weighted by atomic mass is 10.0. The van der Waals surface area contributed by atoms with Crippen molar-refractivity contribution in [3.63, 3.8) is 0 Å². The van der Waals surface area contributed by atoms with Crippen LogP contribution < -0.4 is 0 Å². The number of benzene rings is 1. The average molecular weight is 231 g/mol. The molecule has 0 radical (unpaired) electrons. The quantitative estimate of drug-likeness (QED) is 0.848. The van der Waals surface area contributed by atoms with Gasteiger partial charge in [0.25, 0.3) is 0 Å². The van der Waals surface area contributed by atoms with Crippen molar-refractivity contribution in [2.45, 2.75) is 19.4 Å². The summed E-state index contributed by atoms with van der Waals surface area (Å²) in [6, 6.07) is 9.07. The Morgan fingerprint density at radius 3 is 2.82 bits per heavy atom. The van der Waals surface area contributed by atoms with E-state index in [2.05, 4.69) is 4.98 Å². The van der Waals surface area contributed by atoms with Crippen molar-refractivity contribution >= 4 is 16.9 Å². The van der Waals surface area contributed by atoms with E-state index >= 15 is 0 Å². The van der Waals surface area contributed by atoms with Gasteiger partial charge in [-0.25, -0.2) is 0 Å². The van der Waals surface area contributed by atoms with E-state index in [0.717, 1.165) is 16.6 Å². The highest BCUT2D eigenvalue weighted by Crippen LogP contribution is 2.21. The molecule has 0 amide bonds. The van der Waals surface area contributed by atoms with Crippen LogP contribution in [-0.2, 0) is 4.79 Å². The predicted octanol–water partition coefficient (Wildman–Crippen LogP) is 2.05. The summed E-state index contributed by atoms with van der Waals surface area (Å²) in [5.41, 5.74) is 2.37. The topological polar surface area (TPSA) is 70.4 Å². The van der Waals surface area contributed by atoms with Crippen molar-refractivity contribution < 1.29 is 15.0 Å². The molecule has 4 nitrogen and oxygen atoms in total. The normalized spacial score (nSPS) is 12.6. The molecule has 0 saturated heterocycles. The van der Waals surface area contributed by atoms with Gasteiger partial charge in [0.1, 0.15) is 0 Å². The Hall–Kier alpha value is -1.94. The maximum atomic E-state index is 10.5. The lowest BCUT2D eigenvalue weighted by Gasteiger charge is -2.09. The summed E-state index contributed by atoms with van der Waals surface area (Å²) in [7, 11) is 0. The number of aromatic nitrogens is 1. The molecule has 1 aromatic carbocycles. The van der Waals surface area contributed by atoms with E-state index in [0.29, 0.717) is 5.56 Å². The molecule has 1 aromatic heterocycles. The van der Waals surface area contributed by atoms with Crippen molar-refractivity contribution in [2.75, 3.05) is 0 Å². The van der Waals surface area contributed by atoms with E-state index < -0.39 is 12.1 Å². The molecule has 0 saturated carbocycles. The third kappa shape index (κ3) is 2.60. The second kappa shape index (κ2) is 4.51. The van der Waals surface area contributed by atoms with Gasteiger partial charge in [-0.3, -0.25) is 9.78 Å². The third-order valence-corrected chi connectivity index (χ3v) is 2.61. The number of aryl methyl sites for hydroxylation is 1. The second-order valence-corrected chi connectivity index (χ2v) is 4.02. The number of carbonyl (C=O) groups is 1. The fourth-order valence-corrected chi connectivity index (χ4v) is 1.74. The van der Waals surface area contributed by atoms with Crippen LogP contribution in [0, 0.1) is 6.92 Å². The van der Waals surface area contributed by atoms with Gasteiger partial charge in [-0.1, -0.05) is 12.1 Å². The molecular formula is C13H13NO3. The van der Waals surface area contributed by atoms with Crippen molar-refractivity contribution in [3.8, 4) is 0 Å². The molecule has 88 valence electrons. The summed E-state index contributed by atoms with van der Waals surface area (Å²) in [4.78, 5) is 14.9. The van der Waals surface area contributed by atoms with Crippen LogP contribution >= 0.6 is 0 Å². The van der Waals surface area contributed by atoms with Crippen molar-refractivity contribution in [3.05, 3.63) is 41.6 Å². The van der Waals surface area contributed by atoms with Crippen molar-refractivity contribution in [2.24, 2.45) is 0 Å². The molecule has 0 spiro atoms. The van der Waals surface area contributed by atoms with Crippen LogP contribution in [0.2, 0.25) is 0 Å². The van der Waals surface area contributed by atoms with E-state index in [4.69, 9.17) is 5.11 Å². The summed E-state index contributed by atoms with van der Waals surface area (Å²) < 4.78 is 0. The van der Waals surface area contributed by atoms with Crippen LogP contribution in [0.3, 0.4) is 0 Å². The molecule has 17 heavy (non-hydrogen) atoms. The maximum Gasteiger partial charge on any atom is 0.306 e. The number of fused-ring (bicyclic) bond motifs is 1. The first-order valence-corrected chi connectivity index (χ1v) is 5.33. The highest BCUT2D eigenvalue weighted by molar-refractivity contribution is 5.79. The zero-order valence-electron chi connectivity index (χ0n) is 9.42. The lowest BCUT2D eigenvalue weighted by Crippen LogP contribution is -2.05. The minimum atomic E-state index is -1.01. The van der Waals surface area contributed by atoms with Gasteiger partial charge in [0.15, 0.2) is 0 Å². The molecular weight excluding hydrogens is 218 g/mol. The molecule has 4 heteroatoms. The van der Waals surface area contributed by atoms with Crippen LogP contribution in [0.15, 0.2) is 30.3 Å². The summed E-state index contributed by atoms with van der Waals surface area (Å²) in [6.45, 7) is 1.91. The summed E-state index contributed by atoms with van der Waals surface area (Å²) in [5.74, 6) is -1.01. The number of carboxylic acids is 1. The monoisotopic (exact) mass is 231 g/mol. The van der Waals surface area contributed by atoms with Gasteiger partial charge in [0.05, 0.1) is 18.0 Å². The number of pyridine rings is 1. The number of aliphatic hydroxyl groups is 1. The number of nitrogens with zero attached hydrogens (tertiary/aromatic N) is 1. The molecule has 0 aliphatic carbocycles. The Balaban J connectivity index is 2.37. The summed E-state index contributed by atoms with van der Waals surface area (Å²) in [6.07, 6.45) is -1.26. The maximum absolute atomic E-state index is 10.5. The summed E-state index contributed by atoms with van der Waals surface area (Å²) in [5, 5.41) is 19.2. The van der Waals surface area contributed by atoms with E-state index in [1.165, 1.54) is 0 Å². The Morgan fingerprint density at radius 1 is 1.35 bits per heavy atom. The first-order valence-electron chi connectivity index (χ1n) is 5.33. The van der Waals surface area contributed by atoms with E-state index in [9.17, 15) is 9.90 Å². The number of aliphatic hydroxyl groups excluding tert-OH is 1. The highest BCUT2D eigenvalue weighted by Gasteiger charge is 2.12. The van der Waals surface area contributed by atoms with Crippen LogP contribution in [0.1, 0.15) is 23.8 Å². The summed E-state index contributed by atoms with van der Waals surface area (Å²) >= 11 is 0. The molecule has 0 aliphatic rings. The smallest absolute Gasteiger partial charge is 0.306 e. The van der Waals surface area contributed by atoms with Gasteiger partial charge in [0.2, 0.25) is 0 Å². The molecule has 2 aromatic rings. The molecule has 0 fully saturated rings. The molecule has 2 N–H and O–H groups in total. The Labute approximate surface area is 98.5 Å². The number of hydrogen-bond acceptors (Lipinski definition) is 3. The van der Waals surface area contributed by atoms with Crippen molar-refractivity contribution in [1.82, 2.24) is 4.98 Å². The zero-order chi connectivity index (χ0) is 12.4. The number of hydrogen-bond donors (Lipinski definition) is 2. The van der Waals surface area contributed by atoms with E-state index in [1.807, 2.05) is 19.1 Å². The Morgan fingerprint density at radius 2 is 2.12 bits per heavy atom. The highest BCUT2D eigenvalue weighted by atomic mass is 16.4. The van der Waals surface area contributed by atoms with Gasteiger partial charge in [0, 0.05) is 11.1 Å². The van der Waals surface area contributed by atoms with Crippen molar-refractivity contribution in [1.29, 1.82) is 0 Å². The fourth-order valence-electron chi connectivity index (χ4n) is 1.74. The van der Waals surface area contributed by atoms with Gasteiger partial charge >= 0.3 is 5.97 Å². The largest absolute Gasteiger partial charge is 0.481 e. The van der Waals surface area contributed by atoms with Gasteiger partial charge < -0.3 is 10.2 Å². The predicted molar refractivity (Wildman–Crippen MR) is 63.7 cm³/mol. The molecule has 0 bridgehead atoms. The second-order valence-electron chi connectivity index (χ2n) is 4.02. The third-order valence-electron chi connectivity index (χ3n) is 2.61. The molecule has 1 unspecified atom stereocenters. The SMILES string of the molecule is Cc1ccc2cc(C(O)CC(=O)O)ccc2n1. The average Bonchev–Trinajstić information content (AvgIpc) is 2.27. The molecule has 1 atom stereocenters. The molecule has 0 aliphatic heterocycles. The first kappa shape index (κ1) is 11.5. The number of carboxylic acid groups (broad SMARTS) is 1. The van der Waals surface area contributed by atoms with Crippen LogP contribution in [0.4, 0.5) is 0 Å².